The van der Waals surface area contributed by atoms with E-state index in [4.69, 9.17) is 0 Å². The van der Waals surface area contributed by atoms with E-state index >= 15 is 0 Å². The fourth-order valence-electron chi connectivity index (χ4n) is 4.37. The van der Waals surface area contributed by atoms with Gasteiger partial charge in [0.2, 0.25) is 0 Å². The lowest BCUT2D eigenvalue weighted by atomic mass is 9.92. The fraction of sp³-hybridized carbons (Fsp3) is 0.385. The Bertz CT molecular complexity index is 990. The number of nitrogens with zero attached hydrogens (tertiary/aromatic N) is 3. The molecule has 1 aromatic heterocycles. The Balaban J connectivity index is 1.43. The van der Waals surface area contributed by atoms with Crippen LogP contribution in [0.25, 0.3) is 0 Å². The standard InChI is InChI=1S/C26H32N4O/c1-3-29(4-2)18-21-13-15-22(16-14-21)26(31)28-24-11-8-12-25-23(24)17-27-30(25)19-20-9-6-5-7-10-20/h5-7,9-10,13-17,24H,3-4,8,11-12,18-19H2,1-2H3,(H,28,31). The number of carbonyl (C=O) groups is 1. The van der Waals surface area contributed by atoms with Crippen molar-refractivity contribution >= 4 is 5.91 Å². The van der Waals surface area contributed by atoms with Gasteiger partial charge in [-0.1, -0.05) is 56.3 Å². The smallest absolute Gasteiger partial charge is 0.251 e. The van der Waals surface area contributed by atoms with Crippen molar-refractivity contribution in [3.8, 4) is 0 Å². The minimum atomic E-state index is -0.0111. The zero-order valence-electron chi connectivity index (χ0n) is 18.6. The molecule has 0 bridgehead atoms. The largest absolute Gasteiger partial charge is 0.345 e. The van der Waals surface area contributed by atoms with Gasteiger partial charge in [0.1, 0.15) is 0 Å². The highest BCUT2D eigenvalue weighted by molar-refractivity contribution is 5.94. The summed E-state index contributed by atoms with van der Waals surface area (Å²) >= 11 is 0. The third-order valence-corrected chi connectivity index (χ3v) is 6.26. The van der Waals surface area contributed by atoms with Gasteiger partial charge in [-0.3, -0.25) is 14.4 Å². The van der Waals surface area contributed by atoms with Crippen LogP contribution in [0, 0.1) is 0 Å². The van der Waals surface area contributed by atoms with E-state index in [-0.39, 0.29) is 11.9 Å². The molecule has 162 valence electrons. The summed E-state index contributed by atoms with van der Waals surface area (Å²) in [5.74, 6) is -0.0111. The quantitative estimate of drug-likeness (QED) is 0.585. The first-order valence-corrected chi connectivity index (χ1v) is 11.4. The SMILES string of the molecule is CCN(CC)Cc1ccc(C(=O)NC2CCCc3c2cnn3Cc2ccccc2)cc1. The average Bonchev–Trinajstić information content (AvgIpc) is 3.22. The predicted octanol–water partition coefficient (Wildman–Crippen LogP) is 4.58. The highest BCUT2D eigenvalue weighted by atomic mass is 16.1. The van der Waals surface area contributed by atoms with E-state index in [1.165, 1.54) is 16.8 Å². The molecule has 0 fully saturated rings. The third-order valence-electron chi connectivity index (χ3n) is 6.26. The number of nitrogens with one attached hydrogen (secondary N) is 1. The average molecular weight is 417 g/mol. The van der Waals surface area contributed by atoms with Crippen LogP contribution in [-0.4, -0.2) is 33.7 Å². The lowest BCUT2D eigenvalue weighted by molar-refractivity contribution is 0.0932. The van der Waals surface area contributed by atoms with Gasteiger partial charge in [0.15, 0.2) is 0 Å². The number of benzene rings is 2. The summed E-state index contributed by atoms with van der Waals surface area (Å²) in [5.41, 5.74) is 5.60. The maximum atomic E-state index is 12.9. The van der Waals surface area contributed by atoms with Gasteiger partial charge in [0, 0.05) is 23.4 Å². The van der Waals surface area contributed by atoms with Crippen LogP contribution in [0.5, 0.6) is 0 Å². The van der Waals surface area contributed by atoms with Crippen molar-refractivity contribution in [3.05, 3.63) is 88.7 Å². The Labute approximate surface area is 185 Å². The molecule has 0 saturated carbocycles. The molecule has 1 aliphatic carbocycles. The monoisotopic (exact) mass is 416 g/mol. The predicted molar refractivity (Wildman–Crippen MR) is 124 cm³/mol. The van der Waals surface area contributed by atoms with Crippen LogP contribution in [0.1, 0.15) is 65.5 Å². The first-order chi connectivity index (χ1) is 15.2. The van der Waals surface area contributed by atoms with Crippen molar-refractivity contribution in [1.82, 2.24) is 20.0 Å². The number of carbonyl (C=O) groups excluding carboxylic acids is 1. The van der Waals surface area contributed by atoms with Crippen molar-refractivity contribution in [1.29, 1.82) is 0 Å². The van der Waals surface area contributed by atoms with Gasteiger partial charge in [-0.05, 0) is 55.6 Å². The summed E-state index contributed by atoms with van der Waals surface area (Å²) in [5, 5.41) is 7.89. The molecular formula is C26H32N4O. The molecule has 1 aliphatic rings. The molecular weight excluding hydrogens is 384 g/mol. The highest BCUT2D eigenvalue weighted by Gasteiger charge is 2.26. The Morgan fingerprint density at radius 3 is 2.52 bits per heavy atom. The van der Waals surface area contributed by atoms with E-state index in [0.717, 1.165) is 51.0 Å². The summed E-state index contributed by atoms with van der Waals surface area (Å²) in [4.78, 5) is 15.3. The van der Waals surface area contributed by atoms with Crippen molar-refractivity contribution in [2.75, 3.05) is 13.1 Å². The Morgan fingerprint density at radius 1 is 1.06 bits per heavy atom. The Hall–Kier alpha value is -2.92. The zero-order chi connectivity index (χ0) is 21.6. The second-order valence-electron chi connectivity index (χ2n) is 8.27. The van der Waals surface area contributed by atoms with Gasteiger partial charge in [-0.25, -0.2) is 0 Å². The van der Waals surface area contributed by atoms with Crippen LogP contribution in [0.2, 0.25) is 0 Å². The number of hydrogen-bond acceptors (Lipinski definition) is 3. The molecule has 5 nitrogen and oxygen atoms in total. The molecule has 0 aliphatic heterocycles. The van der Waals surface area contributed by atoms with Crippen LogP contribution < -0.4 is 5.32 Å². The summed E-state index contributed by atoms with van der Waals surface area (Å²) in [6.45, 7) is 8.09. The maximum Gasteiger partial charge on any atom is 0.251 e. The van der Waals surface area contributed by atoms with Crippen LogP contribution in [0.15, 0.2) is 60.8 Å². The van der Waals surface area contributed by atoms with E-state index in [1.54, 1.807) is 0 Å². The fourth-order valence-corrected chi connectivity index (χ4v) is 4.37. The Kier molecular flexibility index (Phi) is 6.82. The molecule has 1 atom stereocenters. The van der Waals surface area contributed by atoms with Crippen molar-refractivity contribution in [3.63, 3.8) is 0 Å². The molecule has 5 heteroatoms. The molecule has 1 unspecified atom stereocenters. The molecule has 1 heterocycles. The number of rotatable bonds is 8. The topological polar surface area (TPSA) is 50.2 Å². The van der Waals surface area contributed by atoms with Gasteiger partial charge >= 0.3 is 0 Å². The van der Waals surface area contributed by atoms with Gasteiger partial charge in [0.05, 0.1) is 18.8 Å². The number of aromatic nitrogens is 2. The number of amides is 1. The summed E-state index contributed by atoms with van der Waals surface area (Å²) in [7, 11) is 0. The molecule has 0 spiro atoms. The van der Waals surface area contributed by atoms with Gasteiger partial charge in [-0.2, -0.15) is 5.10 Å². The lowest BCUT2D eigenvalue weighted by Crippen LogP contribution is -2.31. The van der Waals surface area contributed by atoms with E-state index < -0.39 is 0 Å². The van der Waals surface area contributed by atoms with E-state index in [0.29, 0.717) is 5.56 Å². The minimum Gasteiger partial charge on any atom is -0.345 e. The first kappa shape index (κ1) is 21.3. The molecule has 31 heavy (non-hydrogen) atoms. The molecule has 0 saturated heterocycles. The van der Waals surface area contributed by atoms with Gasteiger partial charge in [0.25, 0.3) is 5.91 Å². The summed E-state index contributed by atoms with van der Waals surface area (Å²) < 4.78 is 2.09. The lowest BCUT2D eigenvalue weighted by Gasteiger charge is -2.24. The van der Waals surface area contributed by atoms with Crippen molar-refractivity contribution < 1.29 is 4.79 Å². The molecule has 4 rings (SSSR count). The van der Waals surface area contributed by atoms with Gasteiger partial charge < -0.3 is 5.32 Å². The normalized spacial score (nSPS) is 15.6. The highest BCUT2D eigenvalue weighted by Crippen LogP contribution is 2.30. The zero-order valence-corrected chi connectivity index (χ0v) is 18.6. The van der Waals surface area contributed by atoms with E-state index in [2.05, 4.69) is 70.2 Å². The van der Waals surface area contributed by atoms with E-state index in [1.807, 2.05) is 24.4 Å². The summed E-state index contributed by atoms with van der Waals surface area (Å²) in [6.07, 6.45) is 4.96. The van der Waals surface area contributed by atoms with Gasteiger partial charge in [-0.15, -0.1) is 0 Å². The summed E-state index contributed by atoms with van der Waals surface area (Å²) in [6, 6.07) is 18.4. The molecule has 1 amide bonds. The van der Waals surface area contributed by atoms with Crippen molar-refractivity contribution in [2.45, 2.75) is 52.2 Å². The second-order valence-corrected chi connectivity index (χ2v) is 8.27. The third kappa shape index (κ3) is 5.05. The Morgan fingerprint density at radius 2 is 1.81 bits per heavy atom. The van der Waals surface area contributed by atoms with Crippen LogP contribution in [0.4, 0.5) is 0 Å². The minimum absolute atomic E-state index is 0.0111. The van der Waals surface area contributed by atoms with E-state index in [9.17, 15) is 4.79 Å². The second kappa shape index (κ2) is 9.92. The van der Waals surface area contributed by atoms with Crippen LogP contribution in [-0.2, 0) is 19.5 Å². The molecule has 3 aromatic rings. The molecule has 2 aromatic carbocycles. The van der Waals surface area contributed by atoms with Crippen LogP contribution >= 0.6 is 0 Å². The van der Waals surface area contributed by atoms with Crippen LogP contribution in [0.3, 0.4) is 0 Å². The first-order valence-electron chi connectivity index (χ1n) is 11.4. The number of fused-ring (bicyclic) bond motifs is 1. The maximum absolute atomic E-state index is 12.9. The molecule has 1 N–H and O–H groups in total. The molecule has 0 radical (unpaired) electrons. The van der Waals surface area contributed by atoms with Crippen molar-refractivity contribution in [2.24, 2.45) is 0 Å². The number of hydrogen-bond donors (Lipinski definition) is 1.